The van der Waals surface area contributed by atoms with Gasteiger partial charge < -0.3 is 9.47 Å². The highest BCUT2D eigenvalue weighted by atomic mass is 35.5. The number of hydrogen-bond acceptors (Lipinski definition) is 4. The summed E-state index contributed by atoms with van der Waals surface area (Å²) >= 11 is 7.74. The molecule has 1 aliphatic heterocycles. The second-order valence-electron chi connectivity index (χ2n) is 4.53. The Balaban J connectivity index is 1.77. The minimum atomic E-state index is 0.470. The van der Waals surface area contributed by atoms with Crippen molar-refractivity contribution in [2.45, 2.75) is 19.0 Å². The fourth-order valence-electron chi connectivity index (χ4n) is 2.55. The van der Waals surface area contributed by atoms with E-state index in [4.69, 9.17) is 16.6 Å². The summed E-state index contributed by atoms with van der Waals surface area (Å²) in [7, 11) is 0. The molecule has 1 aliphatic rings. The van der Waals surface area contributed by atoms with Gasteiger partial charge in [-0.15, -0.1) is 22.9 Å². The number of nitrogens with zero attached hydrogens (tertiary/aromatic N) is 5. The molecule has 0 amide bonds. The molecule has 0 aromatic carbocycles. The van der Waals surface area contributed by atoms with Gasteiger partial charge in [-0.05, 0) is 0 Å². The molecule has 0 saturated carbocycles. The van der Waals surface area contributed by atoms with Crippen molar-refractivity contribution in [1.82, 2.24) is 18.9 Å². The Hall–Kier alpha value is -1.53. The van der Waals surface area contributed by atoms with E-state index in [0.29, 0.717) is 5.88 Å². The zero-order chi connectivity index (χ0) is 12.8. The van der Waals surface area contributed by atoms with E-state index >= 15 is 0 Å². The van der Waals surface area contributed by atoms with E-state index in [1.807, 2.05) is 24.0 Å². The van der Waals surface area contributed by atoms with E-state index in [0.717, 1.165) is 41.9 Å². The van der Waals surface area contributed by atoms with Crippen LogP contribution in [0.5, 0.6) is 0 Å². The maximum Gasteiger partial charge on any atom is 0.195 e. The standard InChI is InChI=1S/C12H12ClN5S/c13-7-9-11(15-12-18(9)5-6-19-12)17-4-3-16-2-1-14-10(16)8-17/h1-2,5-6H,3-4,7-8H2. The average Bonchev–Trinajstić information content (AvgIpc) is 3.12. The summed E-state index contributed by atoms with van der Waals surface area (Å²) in [4.78, 5) is 12.4. The molecule has 0 bridgehead atoms. The largest absolute Gasteiger partial charge is 0.346 e. The van der Waals surface area contributed by atoms with Crippen molar-refractivity contribution in [1.29, 1.82) is 0 Å². The van der Waals surface area contributed by atoms with Crippen LogP contribution in [-0.2, 0) is 19.0 Å². The molecule has 98 valence electrons. The third kappa shape index (κ3) is 1.67. The molecule has 0 atom stereocenters. The van der Waals surface area contributed by atoms with Gasteiger partial charge in [-0.25, -0.2) is 9.97 Å². The highest BCUT2D eigenvalue weighted by Gasteiger charge is 2.23. The van der Waals surface area contributed by atoms with Crippen LogP contribution >= 0.6 is 22.9 Å². The van der Waals surface area contributed by atoms with Crippen LogP contribution in [0.2, 0.25) is 0 Å². The monoisotopic (exact) mass is 293 g/mol. The number of fused-ring (bicyclic) bond motifs is 2. The molecule has 0 radical (unpaired) electrons. The molecule has 5 nitrogen and oxygen atoms in total. The van der Waals surface area contributed by atoms with Crippen molar-refractivity contribution in [2.75, 3.05) is 11.4 Å². The van der Waals surface area contributed by atoms with Crippen LogP contribution in [0.3, 0.4) is 0 Å². The average molecular weight is 294 g/mol. The van der Waals surface area contributed by atoms with Gasteiger partial charge in [0.2, 0.25) is 0 Å². The zero-order valence-electron chi connectivity index (χ0n) is 10.2. The summed E-state index contributed by atoms with van der Waals surface area (Å²) in [6.07, 6.45) is 5.91. The molecular formula is C12H12ClN5S. The number of alkyl halides is 1. The second kappa shape index (κ2) is 4.25. The number of hydrogen-bond donors (Lipinski definition) is 0. The van der Waals surface area contributed by atoms with E-state index in [9.17, 15) is 0 Å². The molecule has 0 saturated heterocycles. The van der Waals surface area contributed by atoms with Gasteiger partial charge in [0.15, 0.2) is 10.8 Å². The Kier molecular flexibility index (Phi) is 2.53. The number of rotatable bonds is 2. The fourth-order valence-corrected chi connectivity index (χ4v) is 3.53. The summed E-state index contributed by atoms with van der Waals surface area (Å²) in [6.45, 7) is 2.68. The number of thiazole rings is 1. The van der Waals surface area contributed by atoms with Crippen LogP contribution in [-0.4, -0.2) is 25.5 Å². The first-order valence-electron chi connectivity index (χ1n) is 6.12. The SMILES string of the molecule is ClCc1c(N2CCn3ccnc3C2)nc2sccn12. The summed E-state index contributed by atoms with van der Waals surface area (Å²) in [6, 6.07) is 0. The van der Waals surface area contributed by atoms with E-state index in [1.165, 1.54) is 0 Å². The Bertz CT molecular complexity index is 727. The predicted molar refractivity (Wildman–Crippen MR) is 75.9 cm³/mol. The molecule has 4 rings (SSSR count). The highest BCUT2D eigenvalue weighted by Crippen LogP contribution is 2.28. The lowest BCUT2D eigenvalue weighted by Crippen LogP contribution is -2.34. The van der Waals surface area contributed by atoms with Crippen LogP contribution < -0.4 is 4.90 Å². The van der Waals surface area contributed by atoms with Gasteiger partial charge in [-0.3, -0.25) is 4.40 Å². The summed E-state index contributed by atoms with van der Waals surface area (Å²) in [5.74, 6) is 2.55. The molecule has 0 N–H and O–H groups in total. The van der Waals surface area contributed by atoms with Crippen molar-refractivity contribution in [3.8, 4) is 0 Å². The van der Waals surface area contributed by atoms with Gasteiger partial charge in [0.25, 0.3) is 0 Å². The fraction of sp³-hybridized carbons (Fsp3) is 0.333. The molecular weight excluding hydrogens is 282 g/mol. The minimum absolute atomic E-state index is 0.470. The molecule has 0 spiro atoms. The predicted octanol–water partition coefficient (Wildman–Crippen LogP) is 2.35. The van der Waals surface area contributed by atoms with Gasteiger partial charge >= 0.3 is 0 Å². The lowest BCUT2D eigenvalue weighted by molar-refractivity contribution is 0.556. The number of imidazole rings is 2. The van der Waals surface area contributed by atoms with Crippen LogP contribution in [0.25, 0.3) is 4.96 Å². The van der Waals surface area contributed by atoms with E-state index in [-0.39, 0.29) is 0 Å². The molecule has 0 unspecified atom stereocenters. The Morgan fingerprint density at radius 1 is 1.32 bits per heavy atom. The third-order valence-electron chi connectivity index (χ3n) is 3.51. The first-order valence-corrected chi connectivity index (χ1v) is 7.53. The lowest BCUT2D eigenvalue weighted by Gasteiger charge is -2.28. The van der Waals surface area contributed by atoms with Crippen LogP contribution in [0.1, 0.15) is 11.5 Å². The van der Waals surface area contributed by atoms with Gasteiger partial charge in [0, 0.05) is 37.1 Å². The van der Waals surface area contributed by atoms with Crippen molar-refractivity contribution in [3.63, 3.8) is 0 Å². The summed E-state index contributed by atoms with van der Waals surface area (Å²) in [5, 5.41) is 2.03. The van der Waals surface area contributed by atoms with Crippen LogP contribution in [0.4, 0.5) is 5.82 Å². The van der Waals surface area contributed by atoms with Gasteiger partial charge in [-0.2, -0.15) is 0 Å². The molecule has 7 heteroatoms. The van der Waals surface area contributed by atoms with Crippen molar-refractivity contribution < 1.29 is 0 Å². The van der Waals surface area contributed by atoms with Gasteiger partial charge in [0.05, 0.1) is 18.1 Å². The summed E-state index contributed by atoms with van der Waals surface area (Å²) < 4.78 is 4.27. The minimum Gasteiger partial charge on any atom is -0.346 e. The Morgan fingerprint density at radius 2 is 2.26 bits per heavy atom. The Morgan fingerprint density at radius 3 is 3.16 bits per heavy atom. The Labute approximate surface area is 119 Å². The van der Waals surface area contributed by atoms with Crippen molar-refractivity contribution >= 4 is 33.7 Å². The molecule has 4 heterocycles. The van der Waals surface area contributed by atoms with Gasteiger partial charge in [0.1, 0.15) is 5.82 Å². The zero-order valence-corrected chi connectivity index (χ0v) is 11.7. The topological polar surface area (TPSA) is 38.4 Å². The van der Waals surface area contributed by atoms with E-state index in [1.54, 1.807) is 11.3 Å². The molecule has 0 fully saturated rings. The highest BCUT2D eigenvalue weighted by molar-refractivity contribution is 7.15. The number of aromatic nitrogens is 4. The van der Waals surface area contributed by atoms with Crippen LogP contribution in [0.15, 0.2) is 24.0 Å². The van der Waals surface area contributed by atoms with E-state index < -0.39 is 0 Å². The maximum atomic E-state index is 6.10. The van der Waals surface area contributed by atoms with Crippen molar-refractivity contribution in [3.05, 3.63) is 35.5 Å². The smallest absolute Gasteiger partial charge is 0.195 e. The molecule has 3 aromatic rings. The second-order valence-corrected chi connectivity index (χ2v) is 5.67. The maximum absolute atomic E-state index is 6.10. The normalized spacial score (nSPS) is 15.1. The molecule has 0 aliphatic carbocycles. The molecule has 19 heavy (non-hydrogen) atoms. The first kappa shape index (κ1) is 11.3. The number of anilines is 1. The van der Waals surface area contributed by atoms with Crippen molar-refractivity contribution in [2.24, 2.45) is 0 Å². The first-order chi connectivity index (χ1) is 9.36. The quantitative estimate of drug-likeness (QED) is 0.681. The molecule has 3 aromatic heterocycles. The number of halogens is 1. The van der Waals surface area contributed by atoms with Crippen LogP contribution in [0, 0.1) is 0 Å². The van der Waals surface area contributed by atoms with E-state index in [2.05, 4.69) is 18.9 Å². The summed E-state index contributed by atoms with van der Waals surface area (Å²) in [5.41, 5.74) is 1.07. The van der Waals surface area contributed by atoms with Gasteiger partial charge in [-0.1, -0.05) is 0 Å². The lowest BCUT2D eigenvalue weighted by atomic mass is 10.3. The third-order valence-corrected chi connectivity index (χ3v) is 4.52.